The molecular formula is C16H24N2O5S. The predicted molar refractivity (Wildman–Crippen MR) is 90.3 cm³/mol. The van der Waals surface area contributed by atoms with Crippen LogP contribution in [0.1, 0.15) is 30.0 Å². The van der Waals surface area contributed by atoms with Gasteiger partial charge in [0.25, 0.3) is 0 Å². The lowest BCUT2D eigenvalue weighted by molar-refractivity contribution is -0.141. The van der Waals surface area contributed by atoms with Crippen LogP contribution in [-0.2, 0) is 19.6 Å². The Morgan fingerprint density at radius 3 is 2.21 bits per heavy atom. The van der Waals surface area contributed by atoms with Gasteiger partial charge in [-0.1, -0.05) is 24.6 Å². The van der Waals surface area contributed by atoms with Gasteiger partial charge in [-0.05, 0) is 31.9 Å². The van der Waals surface area contributed by atoms with Crippen LogP contribution in [0.25, 0.3) is 0 Å². The van der Waals surface area contributed by atoms with E-state index in [9.17, 15) is 18.0 Å². The third-order valence-electron chi connectivity index (χ3n) is 3.54. The molecule has 0 bridgehead atoms. The van der Waals surface area contributed by atoms with Crippen molar-refractivity contribution in [2.24, 2.45) is 5.92 Å². The fourth-order valence-corrected chi connectivity index (χ4v) is 3.89. The van der Waals surface area contributed by atoms with Crippen LogP contribution >= 0.6 is 0 Å². The van der Waals surface area contributed by atoms with Crippen LogP contribution in [0, 0.1) is 26.7 Å². The first-order valence-electron chi connectivity index (χ1n) is 7.61. The zero-order valence-corrected chi connectivity index (χ0v) is 15.2. The van der Waals surface area contributed by atoms with E-state index < -0.39 is 27.8 Å². The molecule has 1 atom stereocenters. The lowest BCUT2D eigenvalue weighted by Gasteiger charge is -2.13. The van der Waals surface area contributed by atoms with E-state index in [4.69, 9.17) is 5.11 Å². The number of hydrogen-bond acceptors (Lipinski definition) is 4. The molecular weight excluding hydrogens is 332 g/mol. The highest BCUT2D eigenvalue weighted by atomic mass is 32.2. The number of carbonyl (C=O) groups excluding carboxylic acids is 1. The zero-order valence-electron chi connectivity index (χ0n) is 14.3. The summed E-state index contributed by atoms with van der Waals surface area (Å²) in [6.07, 6.45) is -0.0600. The Bertz CT molecular complexity index is 705. The average Bonchev–Trinajstić information content (AvgIpc) is 2.42. The molecule has 8 heteroatoms. The molecule has 0 saturated heterocycles. The largest absolute Gasteiger partial charge is 0.481 e. The van der Waals surface area contributed by atoms with Crippen molar-refractivity contribution in [3.63, 3.8) is 0 Å². The number of carboxylic acids is 1. The summed E-state index contributed by atoms with van der Waals surface area (Å²) in [6.45, 7) is 6.79. The summed E-state index contributed by atoms with van der Waals surface area (Å²) >= 11 is 0. The molecule has 0 spiro atoms. The third-order valence-corrected chi connectivity index (χ3v) is 5.31. The van der Waals surface area contributed by atoms with Crippen molar-refractivity contribution in [3.8, 4) is 0 Å². The van der Waals surface area contributed by atoms with E-state index in [2.05, 4.69) is 10.0 Å². The van der Waals surface area contributed by atoms with Crippen molar-refractivity contribution in [1.82, 2.24) is 10.0 Å². The molecule has 1 aromatic rings. The molecule has 0 radical (unpaired) electrons. The number of carbonyl (C=O) groups is 2. The smallest absolute Gasteiger partial charge is 0.308 e. The Labute approximate surface area is 142 Å². The van der Waals surface area contributed by atoms with Crippen molar-refractivity contribution in [2.75, 3.05) is 13.1 Å². The maximum atomic E-state index is 12.4. The first-order chi connectivity index (χ1) is 11.0. The van der Waals surface area contributed by atoms with E-state index in [0.717, 1.165) is 5.56 Å². The topological polar surface area (TPSA) is 113 Å². The van der Waals surface area contributed by atoms with Gasteiger partial charge in [-0.25, -0.2) is 13.1 Å². The van der Waals surface area contributed by atoms with E-state index in [1.165, 1.54) is 6.92 Å². The maximum Gasteiger partial charge on any atom is 0.308 e. The number of aliphatic carboxylic acids is 1. The Morgan fingerprint density at radius 2 is 1.71 bits per heavy atom. The summed E-state index contributed by atoms with van der Waals surface area (Å²) in [5, 5.41) is 11.2. The summed E-state index contributed by atoms with van der Waals surface area (Å²) in [5.41, 5.74) is 2.29. The van der Waals surface area contributed by atoms with Gasteiger partial charge in [0.1, 0.15) is 0 Å². The lowest BCUT2D eigenvalue weighted by Crippen LogP contribution is -2.34. The van der Waals surface area contributed by atoms with E-state index in [1.807, 2.05) is 6.92 Å². The number of aryl methyl sites for hydroxylation is 3. The van der Waals surface area contributed by atoms with Crippen LogP contribution < -0.4 is 10.0 Å². The molecule has 0 heterocycles. The average molecular weight is 356 g/mol. The normalized spacial score (nSPS) is 12.7. The highest BCUT2D eigenvalue weighted by Crippen LogP contribution is 2.21. The van der Waals surface area contributed by atoms with Gasteiger partial charge in [-0.3, -0.25) is 9.59 Å². The summed E-state index contributed by atoms with van der Waals surface area (Å²) in [6, 6.07) is 3.59. The Hall–Kier alpha value is -1.93. The number of amides is 1. The van der Waals surface area contributed by atoms with Gasteiger partial charge in [0, 0.05) is 19.5 Å². The highest BCUT2D eigenvalue weighted by molar-refractivity contribution is 7.89. The zero-order chi connectivity index (χ0) is 18.5. The predicted octanol–water partition coefficient (Wildman–Crippen LogP) is 1.12. The molecule has 0 aliphatic heterocycles. The Balaban J connectivity index is 2.61. The van der Waals surface area contributed by atoms with Crippen molar-refractivity contribution in [2.45, 2.75) is 39.0 Å². The number of carboxylic acid groups (broad SMARTS) is 1. The van der Waals surface area contributed by atoms with Crippen LogP contribution in [0.4, 0.5) is 0 Å². The van der Waals surface area contributed by atoms with Crippen molar-refractivity contribution < 1.29 is 23.1 Å². The molecule has 24 heavy (non-hydrogen) atoms. The van der Waals surface area contributed by atoms with Gasteiger partial charge in [0.15, 0.2) is 0 Å². The van der Waals surface area contributed by atoms with Crippen molar-refractivity contribution in [3.05, 3.63) is 28.8 Å². The SMILES string of the molecule is Cc1cc(C)c(S(=O)(=O)NCCC(=O)NCC(C)C(=O)O)c(C)c1. The summed E-state index contributed by atoms with van der Waals surface area (Å²) < 4.78 is 27.2. The lowest BCUT2D eigenvalue weighted by atomic mass is 10.1. The van der Waals surface area contributed by atoms with E-state index >= 15 is 0 Å². The number of hydrogen-bond donors (Lipinski definition) is 3. The molecule has 0 fully saturated rings. The molecule has 0 aliphatic carbocycles. The van der Waals surface area contributed by atoms with Crippen LogP contribution in [0.5, 0.6) is 0 Å². The molecule has 7 nitrogen and oxygen atoms in total. The minimum Gasteiger partial charge on any atom is -0.481 e. The van der Waals surface area contributed by atoms with Gasteiger partial charge in [-0.15, -0.1) is 0 Å². The standard InChI is InChI=1S/C16H24N2O5S/c1-10-7-11(2)15(12(3)8-10)24(22,23)18-6-5-14(19)17-9-13(4)16(20)21/h7-8,13,18H,5-6,9H2,1-4H3,(H,17,19)(H,20,21). The first kappa shape index (κ1) is 20.1. The van der Waals surface area contributed by atoms with E-state index in [1.54, 1.807) is 26.0 Å². The van der Waals surface area contributed by atoms with Gasteiger partial charge in [0.05, 0.1) is 10.8 Å². The molecule has 1 rings (SSSR count). The van der Waals surface area contributed by atoms with Crippen LogP contribution in [-0.4, -0.2) is 38.5 Å². The van der Waals surface area contributed by atoms with Gasteiger partial charge in [0.2, 0.25) is 15.9 Å². The number of sulfonamides is 1. The second-order valence-corrected chi connectivity index (χ2v) is 7.62. The van der Waals surface area contributed by atoms with Gasteiger partial charge < -0.3 is 10.4 Å². The maximum absolute atomic E-state index is 12.4. The Morgan fingerprint density at radius 1 is 1.17 bits per heavy atom. The molecule has 1 unspecified atom stereocenters. The minimum absolute atomic E-state index is 0.0110. The second kappa shape index (κ2) is 8.25. The van der Waals surface area contributed by atoms with Crippen molar-refractivity contribution >= 4 is 21.9 Å². The molecule has 1 amide bonds. The fourth-order valence-electron chi connectivity index (χ4n) is 2.40. The fraction of sp³-hybridized carbons (Fsp3) is 0.500. The van der Waals surface area contributed by atoms with E-state index in [0.29, 0.717) is 11.1 Å². The number of rotatable bonds is 8. The number of nitrogens with one attached hydrogen (secondary N) is 2. The monoisotopic (exact) mass is 356 g/mol. The quantitative estimate of drug-likeness (QED) is 0.646. The molecule has 0 aromatic heterocycles. The second-order valence-electron chi connectivity index (χ2n) is 5.92. The first-order valence-corrected chi connectivity index (χ1v) is 9.10. The van der Waals surface area contributed by atoms with Gasteiger partial charge in [-0.2, -0.15) is 0 Å². The molecule has 3 N–H and O–H groups in total. The molecule has 134 valence electrons. The summed E-state index contributed by atoms with van der Waals surface area (Å²) in [4.78, 5) is 22.5. The molecule has 0 aliphatic rings. The summed E-state index contributed by atoms with van der Waals surface area (Å²) in [5.74, 6) is -2.09. The minimum atomic E-state index is -3.70. The van der Waals surface area contributed by atoms with E-state index in [-0.39, 0.29) is 24.4 Å². The molecule has 0 saturated carbocycles. The molecule has 1 aromatic carbocycles. The van der Waals surface area contributed by atoms with Crippen LogP contribution in [0.3, 0.4) is 0 Å². The highest BCUT2D eigenvalue weighted by Gasteiger charge is 2.20. The number of benzene rings is 1. The summed E-state index contributed by atoms with van der Waals surface area (Å²) in [7, 11) is -3.70. The van der Waals surface area contributed by atoms with Crippen molar-refractivity contribution in [1.29, 1.82) is 0 Å². The third kappa shape index (κ3) is 5.61. The van der Waals surface area contributed by atoms with Crippen LogP contribution in [0.15, 0.2) is 17.0 Å². The van der Waals surface area contributed by atoms with Crippen LogP contribution in [0.2, 0.25) is 0 Å². The Kier molecular flexibility index (Phi) is 6.92. The van der Waals surface area contributed by atoms with Gasteiger partial charge >= 0.3 is 5.97 Å².